The fraction of sp³-hybridized carbons (Fsp3) is 0.364. The van der Waals surface area contributed by atoms with Crippen LogP contribution in [0.25, 0.3) is 0 Å². The summed E-state index contributed by atoms with van der Waals surface area (Å²) in [5.74, 6) is -1.16. The molecule has 3 N–H and O–H groups in total. The number of carbonyl (C=O) groups is 1. The number of rotatable bonds is 6. The lowest BCUT2D eigenvalue weighted by Crippen LogP contribution is -2.33. The van der Waals surface area contributed by atoms with Crippen molar-refractivity contribution in [2.45, 2.75) is 13.8 Å². The number of hydrogen-bond donors (Lipinski definition) is 3. The standard InChI is InChI=1S/C11H15ClN2O4S/c1-7(2)6-13-19(17,18)14-9-5-3-4-8(12)10(9)11(15)16/h3-5,7,13-14H,6H2,1-2H3,(H,15,16). The second-order valence-corrected chi connectivity index (χ2v) is 6.22. The van der Waals surface area contributed by atoms with Crippen molar-refractivity contribution >= 4 is 33.5 Å². The molecule has 6 nitrogen and oxygen atoms in total. The van der Waals surface area contributed by atoms with Gasteiger partial charge in [0, 0.05) is 6.54 Å². The second-order valence-electron chi connectivity index (χ2n) is 4.32. The number of anilines is 1. The maximum Gasteiger partial charge on any atom is 0.339 e. The Hall–Kier alpha value is -1.31. The quantitative estimate of drug-likeness (QED) is 0.748. The van der Waals surface area contributed by atoms with Crippen LogP contribution in [0.4, 0.5) is 5.69 Å². The van der Waals surface area contributed by atoms with Crippen molar-refractivity contribution in [3.63, 3.8) is 0 Å². The van der Waals surface area contributed by atoms with Crippen molar-refractivity contribution < 1.29 is 18.3 Å². The molecule has 0 radical (unpaired) electrons. The molecule has 0 aliphatic rings. The molecule has 8 heteroatoms. The fourth-order valence-corrected chi connectivity index (χ4v) is 2.62. The van der Waals surface area contributed by atoms with E-state index in [4.69, 9.17) is 16.7 Å². The van der Waals surface area contributed by atoms with Crippen molar-refractivity contribution in [2.24, 2.45) is 5.92 Å². The third kappa shape index (κ3) is 4.70. The first kappa shape index (κ1) is 15.7. The molecule has 0 aliphatic heterocycles. The minimum atomic E-state index is -3.82. The Morgan fingerprint density at radius 1 is 1.42 bits per heavy atom. The van der Waals surface area contributed by atoms with Crippen molar-refractivity contribution in [1.29, 1.82) is 0 Å². The minimum Gasteiger partial charge on any atom is -0.478 e. The van der Waals surface area contributed by atoms with Crippen LogP contribution in [0, 0.1) is 5.92 Å². The summed E-state index contributed by atoms with van der Waals surface area (Å²) in [4.78, 5) is 11.1. The lowest BCUT2D eigenvalue weighted by molar-refractivity contribution is 0.0698. The predicted molar refractivity (Wildman–Crippen MR) is 73.8 cm³/mol. The summed E-state index contributed by atoms with van der Waals surface area (Å²) < 4.78 is 27.9. The van der Waals surface area contributed by atoms with Crippen LogP contribution in [0.2, 0.25) is 5.02 Å². The second kappa shape index (κ2) is 6.23. The molecule has 0 atom stereocenters. The van der Waals surface area contributed by atoms with Gasteiger partial charge < -0.3 is 5.11 Å². The molecule has 0 aromatic heterocycles. The lowest BCUT2D eigenvalue weighted by Gasteiger charge is -2.13. The van der Waals surface area contributed by atoms with Crippen LogP contribution >= 0.6 is 11.6 Å². The average molecular weight is 307 g/mol. The molecule has 0 aliphatic carbocycles. The molecule has 0 unspecified atom stereocenters. The van der Waals surface area contributed by atoms with Crippen molar-refractivity contribution in [1.82, 2.24) is 4.72 Å². The van der Waals surface area contributed by atoms with E-state index in [0.29, 0.717) is 0 Å². The van der Waals surface area contributed by atoms with Gasteiger partial charge in [-0.05, 0) is 18.1 Å². The molecule has 0 spiro atoms. The fourth-order valence-electron chi connectivity index (χ4n) is 1.28. The first-order valence-electron chi connectivity index (χ1n) is 5.52. The smallest absolute Gasteiger partial charge is 0.339 e. The van der Waals surface area contributed by atoms with Gasteiger partial charge in [0.1, 0.15) is 5.56 Å². The molecular weight excluding hydrogens is 292 g/mol. The van der Waals surface area contributed by atoms with Crippen LogP contribution in [0.1, 0.15) is 24.2 Å². The summed E-state index contributed by atoms with van der Waals surface area (Å²) in [5.41, 5.74) is -0.352. The third-order valence-electron chi connectivity index (χ3n) is 2.15. The van der Waals surface area contributed by atoms with E-state index >= 15 is 0 Å². The van der Waals surface area contributed by atoms with E-state index in [1.807, 2.05) is 13.8 Å². The maximum absolute atomic E-state index is 11.7. The monoisotopic (exact) mass is 306 g/mol. The normalized spacial score (nSPS) is 11.6. The Kier molecular flexibility index (Phi) is 5.16. The summed E-state index contributed by atoms with van der Waals surface area (Å²) in [6.45, 7) is 3.95. The highest BCUT2D eigenvalue weighted by Gasteiger charge is 2.18. The molecule has 19 heavy (non-hydrogen) atoms. The first-order valence-corrected chi connectivity index (χ1v) is 7.38. The molecule has 1 aromatic rings. The number of halogens is 1. The van der Waals surface area contributed by atoms with Gasteiger partial charge >= 0.3 is 5.97 Å². The minimum absolute atomic E-state index is 0.0310. The van der Waals surface area contributed by atoms with Gasteiger partial charge in [0.25, 0.3) is 10.2 Å². The highest BCUT2D eigenvalue weighted by Crippen LogP contribution is 2.24. The number of aromatic carboxylic acids is 1. The molecule has 0 saturated heterocycles. The predicted octanol–water partition coefficient (Wildman–Crippen LogP) is 1.94. The van der Waals surface area contributed by atoms with E-state index in [1.165, 1.54) is 18.2 Å². The van der Waals surface area contributed by atoms with Gasteiger partial charge in [-0.25, -0.2) is 4.79 Å². The molecule has 1 rings (SSSR count). The van der Waals surface area contributed by atoms with E-state index in [9.17, 15) is 13.2 Å². The van der Waals surface area contributed by atoms with Gasteiger partial charge in [0.05, 0.1) is 10.7 Å². The summed E-state index contributed by atoms with van der Waals surface area (Å²) in [6, 6.07) is 4.18. The van der Waals surface area contributed by atoms with Gasteiger partial charge in [-0.2, -0.15) is 13.1 Å². The average Bonchev–Trinajstić information content (AvgIpc) is 2.25. The highest BCUT2D eigenvalue weighted by molar-refractivity contribution is 7.90. The molecule has 106 valence electrons. The van der Waals surface area contributed by atoms with Gasteiger partial charge in [-0.3, -0.25) is 4.72 Å². The number of carboxylic acids is 1. The van der Waals surface area contributed by atoms with Crippen molar-refractivity contribution in [3.8, 4) is 0 Å². The van der Waals surface area contributed by atoms with Crippen molar-refractivity contribution in [2.75, 3.05) is 11.3 Å². The Labute approximate surface area is 117 Å². The molecule has 0 amide bonds. The summed E-state index contributed by atoms with van der Waals surface area (Å²) in [6.07, 6.45) is 0. The molecule has 0 fully saturated rings. The topological polar surface area (TPSA) is 95.5 Å². The molecule has 0 bridgehead atoms. The zero-order valence-corrected chi connectivity index (χ0v) is 12.0. The number of benzene rings is 1. The summed E-state index contributed by atoms with van der Waals surface area (Å²) in [7, 11) is -3.82. The Balaban J connectivity index is 3.00. The lowest BCUT2D eigenvalue weighted by atomic mass is 10.2. The Morgan fingerprint density at radius 3 is 2.58 bits per heavy atom. The molecule has 1 aromatic carbocycles. The zero-order chi connectivity index (χ0) is 14.6. The zero-order valence-electron chi connectivity index (χ0n) is 10.5. The number of nitrogens with one attached hydrogen (secondary N) is 2. The van der Waals surface area contributed by atoms with E-state index in [0.717, 1.165) is 0 Å². The molecule has 0 heterocycles. The van der Waals surface area contributed by atoms with E-state index < -0.39 is 16.2 Å². The SMILES string of the molecule is CC(C)CNS(=O)(=O)Nc1cccc(Cl)c1C(=O)O. The van der Waals surface area contributed by atoms with Crippen LogP contribution in [0.5, 0.6) is 0 Å². The van der Waals surface area contributed by atoms with E-state index in [-0.39, 0.29) is 28.7 Å². The van der Waals surface area contributed by atoms with Gasteiger partial charge in [0.15, 0.2) is 0 Å². The first-order chi connectivity index (χ1) is 8.73. The van der Waals surface area contributed by atoms with Gasteiger partial charge in [-0.15, -0.1) is 0 Å². The third-order valence-corrected chi connectivity index (χ3v) is 3.50. The van der Waals surface area contributed by atoms with Gasteiger partial charge in [0.2, 0.25) is 0 Å². The van der Waals surface area contributed by atoms with Gasteiger partial charge in [-0.1, -0.05) is 31.5 Å². The summed E-state index contributed by atoms with van der Waals surface area (Å²) >= 11 is 5.74. The molecular formula is C11H15ClN2O4S. The number of hydrogen-bond acceptors (Lipinski definition) is 3. The largest absolute Gasteiger partial charge is 0.478 e. The number of carboxylic acid groups (broad SMARTS) is 1. The van der Waals surface area contributed by atoms with E-state index in [2.05, 4.69) is 9.44 Å². The van der Waals surface area contributed by atoms with Crippen molar-refractivity contribution in [3.05, 3.63) is 28.8 Å². The van der Waals surface area contributed by atoms with Crippen LogP contribution in [0.15, 0.2) is 18.2 Å². The van der Waals surface area contributed by atoms with Crippen LogP contribution in [0.3, 0.4) is 0 Å². The molecule has 0 saturated carbocycles. The van der Waals surface area contributed by atoms with E-state index in [1.54, 1.807) is 0 Å². The maximum atomic E-state index is 11.7. The Bertz CT molecular complexity index is 572. The van der Waals surface area contributed by atoms with Crippen LogP contribution in [-0.2, 0) is 10.2 Å². The Morgan fingerprint density at radius 2 is 2.05 bits per heavy atom. The van der Waals surface area contributed by atoms with Crippen LogP contribution < -0.4 is 9.44 Å². The summed E-state index contributed by atoms with van der Waals surface area (Å²) in [5, 5.41) is 8.99. The van der Waals surface area contributed by atoms with Crippen LogP contribution in [-0.4, -0.2) is 26.0 Å². The highest BCUT2D eigenvalue weighted by atomic mass is 35.5.